The van der Waals surface area contributed by atoms with Crippen LogP contribution in [0.2, 0.25) is 0 Å². The Balaban J connectivity index is 2.28. The van der Waals surface area contributed by atoms with Gasteiger partial charge in [0.2, 0.25) is 0 Å². The van der Waals surface area contributed by atoms with Gasteiger partial charge in [0.15, 0.2) is 0 Å². The number of nitrogens with two attached hydrogens (primary N) is 1. The third-order valence-corrected chi connectivity index (χ3v) is 1.51. The summed E-state index contributed by atoms with van der Waals surface area (Å²) >= 11 is 0. The highest BCUT2D eigenvalue weighted by atomic mass is 16.5. The summed E-state index contributed by atoms with van der Waals surface area (Å²) in [5.74, 6) is 0.521. The highest BCUT2D eigenvalue weighted by molar-refractivity contribution is 5.28. The van der Waals surface area contributed by atoms with Gasteiger partial charge in [-0.05, 0) is 12.1 Å². The van der Waals surface area contributed by atoms with E-state index in [1.807, 2.05) is 12.1 Å². The molecule has 0 aliphatic heterocycles. The van der Waals surface area contributed by atoms with Crippen LogP contribution in [-0.4, -0.2) is 25.3 Å². The SMILES string of the molecule is COCCOCc1cccc(N)n1. The summed E-state index contributed by atoms with van der Waals surface area (Å²) < 4.78 is 10.1. The Morgan fingerprint density at radius 2 is 2.23 bits per heavy atom. The minimum atomic E-state index is 0.481. The van der Waals surface area contributed by atoms with Crippen molar-refractivity contribution < 1.29 is 9.47 Å². The third kappa shape index (κ3) is 3.87. The van der Waals surface area contributed by atoms with Gasteiger partial charge < -0.3 is 15.2 Å². The number of pyridine rings is 1. The van der Waals surface area contributed by atoms with Crippen LogP contribution in [0.4, 0.5) is 5.82 Å². The number of aromatic nitrogens is 1. The van der Waals surface area contributed by atoms with Gasteiger partial charge in [0.05, 0.1) is 25.5 Å². The second-order valence-electron chi connectivity index (χ2n) is 2.60. The number of methoxy groups -OCH3 is 1. The number of hydrogen-bond acceptors (Lipinski definition) is 4. The van der Waals surface area contributed by atoms with Gasteiger partial charge in [0, 0.05) is 7.11 Å². The smallest absolute Gasteiger partial charge is 0.123 e. The summed E-state index contributed by atoms with van der Waals surface area (Å²) in [6.07, 6.45) is 0. The zero-order chi connectivity index (χ0) is 9.52. The van der Waals surface area contributed by atoms with E-state index in [-0.39, 0.29) is 0 Å². The van der Waals surface area contributed by atoms with Gasteiger partial charge in [-0.25, -0.2) is 4.98 Å². The molecule has 0 atom stereocenters. The van der Waals surface area contributed by atoms with E-state index >= 15 is 0 Å². The minimum absolute atomic E-state index is 0.481. The summed E-state index contributed by atoms with van der Waals surface area (Å²) in [4.78, 5) is 4.08. The molecular formula is C9H14N2O2. The molecule has 72 valence electrons. The Hall–Kier alpha value is -1.13. The molecule has 0 bridgehead atoms. The van der Waals surface area contributed by atoms with Crippen molar-refractivity contribution in [2.24, 2.45) is 0 Å². The Bertz CT molecular complexity index is 253. The maximum absolute atomic E-state index is 5.50. The van der Waals surface area contributed by atoms with Gasteiger partial charge in [-0.3, -0.25) is 0 Å². The topological polar surface area (TPSA) is 57.4 Å². The van der Waals surface area contributed by atoms with E-state index in [4.69, 9.17) is 15.2 Å². The van der Waals surface area contributed by atoms with E-state index in [2.05, 4.69) is 4.98 Å². The molecule has 0 aliphatic carbocycles. The second-order valence-corrected chi connectivity index (χ2v) is 2.60. The van der Waals surface area contributed by atoms with Crippen LogP contribution in [-0.2, 0) is 16.1 Å². The molecule has 0 spiro atoms. The van der Waals surface area contributed by atoms with Gasteiger partial charge in [-0.1, -0.05) is 6.07 Å². The number of ether oxygens (including phenoxy) is 2. The summed E-state index contributed by atoms with van der Waals surface area (Å²) in [6.45, 7) is 1.66. The van der Waals surface area contributed by atoms with Crippen molar-refractivity contribution in [1.82, 2.24) is 4.98 Å². The van der Waals surface area contributed by atoms with Gasteiger partial charge in [0.25, 0.3) is 0 Å². The lowest BCUT2D eigenvalue weighted by atomic mass is 10.3. The molecule has 0 radical (unpaired) electrons. The van der Waals surface area contributed by atoms with E-state index in [0.29, 0.717) is 25.6 Å². The number of nitrogens with zero attached hydrogens (tertiary/aromatic N) is 1. The van der Waals surface area contributed by atoms with Crippen molar-refractivity contribution in [3.8, 4) is 0 Å². The molecule has 0 amide bonds. The van der Waals surface area contributed by atoms with Gasteiger partial charge in [0.1, 0.15) is 5.82 Å². The quantitative estimate of drug-likeness (QED) is 0.685. The average molecular weight is 182 g/mol. The summed E-state index contributed by atoms with van der Waals surface area (Å²) in [6, 6.07) is 5.49. The van der Waals surface area contributed by atoms with Crippen LogP contribution in [0, 0.1) is 0 Å². The fourth-order valence-electron chi connectivity index (χ4n) is 0.898. The molecule has 0 aliphatic rings. The molecule has 2 N–H and O–H groups in total. The molecule has 0 aromatic carbocycles. The molecule has 0 saturated heterocycles. The van der Waals surface area contributed by atoms with E-state index in [9.17, 15) is 0 Å². The number of hydrogen-bond donors (Lipinski definition) is 1. The lowest BCUT2D eigenvalue weighted by Crippen LogP contribution is -2.03. The Morgan fingerprint density at radius 3 is 2.92 bits per heavy atom. The summed E-state index contributed by atoms with van der Waals surface area (Å²) in [7, 11) is 1.64. The molecule has 0 saturated carbocycles. The molecule has 1 aromatic heterocycles. The molecular weight excluding hydrogens is 168 g/mol. The number of rotatable bonds is 5. The first-order valence-corrected chi connectivity index (χ1v) is 4.11. The van der Waals surface area contributed by atoms with Crippen LogP contribution in [0.1, 0.15) is 5.69 Å². The molecule has 4 heteroatoms. The summed E-state index contributed by atoms with van der Waals surface area (Å²) in [5.41, 5.74) is 6.34. The average Bonchev–Trinajstić information content (AvgIpc) is 2.13. The standard InChI is InChI=1S/C9H14N2O2/c1-12-5-6-13-7-8-3-2-4-9(10)11-8/h2-4H,5-7H2,1H3,(H2,10,11). The van der Waals surface area contributed by atoms with Crippen LogP contribution >= 0.6 is 0 Å². The van der Waals surface area contributed by atoms with E-state index in [1.165, 1.54) is 0 Å². The first kappa shape index (κ1) is 9.95. The highest BCUT2D eigenvalue weighted by Gasteiger charge is 1.94. The van der Waals surface area contributed by atoms with Crippen molar-refractivity contribution >= 4 is 5.82 Å². The summed E-state index contributed by atoms with van der Waals surface area (Å²) in [5, 5.41) is 0. The monoisotopic (exact) mass is 182 g/mol. The van der Waals surface area contributed by atoms with E-state index in [0.717, 1.165) is 5.69 Å². The molecule has 1 aromatic rings. The fourth-order valence-corrected chi connectivity index (χ4v) is 0.898. The minimum Gasteiger partial charge on any atom is -0.384 e. The first-order valence-electron chi connectivity index (χ1n) is 4.11. The zero-order valence-electron chi connectivity index (χ0n) is 7.69. The van der Waals surface area contributed by atoms with Gasteiger partial charge in [-0.15, -0.1) is 0 Å². The largest absolute Gasteiger partial charge is 0.384 e. The lowest BCUT2D eigenvalue weighted by molar-refractivity contribution is 0.0602. The molecule has 1 rings (SSSR count). The van der Waals surface area contributed by atoms with Crippen LogP contribution in [0.3, 0.4) is 0 Å². The number of nitrogen functional groups attached to an aromatic ring is 1. The molecule has 1 heterocycles. The maximum atomic E-state index is 5.50. The first-order chi connectivity index (χ1) is 6.33. The Kier molecular flexibility index (Phi) is 4.21. The van der Waals surface area contributed by atoms with Crippen molar-refractivity contribution in [3.05, 3.63) is 23.9 Å². The van der Waals surface area contributed by atoms with Crippen LogP contribution in [0.5, 0.6) is 0 Å². The van der Waals surface area contributed by atoms with Crippen molar-refractivity contribution in [1.29, 1.82) is 0 Å². The van der Waals surface area contributed by atoms with E-state index in [1.54, 1.807) is 13.2 Å². The molecule has 0 fully saturated rings. The van der Waals surface area contributed by atoms with E-state index < -0.39 is 0 Å². The highest BCUT2D eigenvalue weighted by Crippen LogP contribution is 2.01. The Labute approximate surface area is 77.7 Å². The molecule has 0 unspecified atom stereocenters. The fraction of sp³-hybridized carbons (Fsp3) is 0.444. The van der Waals surface area contributed by atoms with Gasteiger partial charge >= 0.3 is 0 Å². The van der Waals surface area contributed by atoms with Gasteiger partial charge in [-0.2, -0.15) is 0 Å². The lowest BCUT2D eigenvalue weighted by Gasteiger charge is -2.03. The predicted molar refractivity (Wildman–Crippen MR) is 50.2 cm³/mol. The third-order valence-electron chi connectivity index (χ3n) is 1.51. The van der Waals surface area contributed by atoms with Crippen molar-refractivity contribution in [2.45, 2.75) is 6.61 Å². The predicted octanol–water partition coefficient (Wildman–Crippen LogP) is 0.827. The molecule has 13 heavy (non-hydrogen) atoms. The maximum Gasteiger partial charge on any atom is 0.123 e. The Morgan fingerprint density at radius 1 is 1.38 bits per heavy atom. The van der Waals surface area contributed by atoms with Crippen molar-refractivity contribution in [3.63, 3.8) is 0 Å². The second kappa shape index (κ2) is 5.50. The van der Waals surface area contributed by atoms with Crippen LogP contribution in [0.25, 0.3) is 0 Å². The van der Waals surface area contributed by atoms with Crippen LogP contribution in [0.15, 0.2) is 18.2 Å². The number of anilines is 1. The normalized spacial score (nSPS) is 10.2. The van der Waals surface area contributed by atoms with Crippen molar-refractivity contribution in [2.75, 3.05) is 26.1 Å². The molecule has 4 nitrogen and oxygen atoms in total. The zero-order valence-corrected chi connectivity index (χ0v) is 7.69. The van der Waals surface area contributed by atoms with Crippen LogP contribution < -0.4 is 5.73 Å².